The summed E-state index contributed by atoms with van der Waals surface area (Å²) in [6.07, 6.45) is 13.4. The average molecular weight is 330 g/mol. The van der Waals surface area contributed by atoms with Crippen molar-refractivity contribution in [1.29, 1.82) is 0 Å². The van der Waals surface area contributed by atoms with E-state index >= 15 is 0 Å². The quantitative estimate of drug-likeness (QED) is 0.231. The highest BCUT2D eigenvalue weighted by atomic mass is 16.6. The lowest BCUT2D eigenvalue weighted by molar-refractivity contribution is -0.145. The first-order valence-electron chi connectivity index (χ1n) is 9.68. The van der Waals surface area contributed by atoms with Crippen molar-refractivity contribution in [2.24, 2.45) is 5.92 Å². The summed E-state index contributed by atoms with van der Waals surface area (Å²) < 4.78 is 5.50. The van der Waals surface area contributed by atoms with Gasteiger partial charge in [-0.25, -0.2) is 5.48 Å². The molecule has 0 aliphatic rings. The van der Waals surface area contributed by atoms with Crippen molar-refractivity contribution in [3.05, 3.63) is 0 Å². The van der Waals surface area contributed by atoms with Gasteiger partial charge in [0.2, 0.25) is 0 Å². The van der Waals surface area contributed by atoms with Gasteiger partial charge in [0.05, 0.1) is 13.2 Å². The van der Waals surface area contributed by atoms with Crippen molar-refractivity contribution in [2.45, 2.75) is 90.9 Å². The summed E-state index contributed by atoms with van der Waals surface area (Å²) in [5, 5.41) is 0. The van der Waals surface area contributed by atoms with Crippen molar-refractivity contribution in [1.82, 2.24) is 5.48 Å². The molecule has 0 amide bonds. The van der Waals surface area contributed by atoms with Crippen LogP contribution in [0.5, 0.6) is 0 Å². The highest BCUT2D eigenvalue weighted by molar-refractivity contribution is 5.69. The van der Waals surface area contributed by atoms with Gasteiger partial charge >= 0.3 is 5.97 Å². The molecule has 4 heteroatoms. The van der Waals surface area contributed by atoms with Crippen LogP contribution >= 0.6 is 0 Å². The first kappa shape index (κ1) is 22.4. The lowest BCUT2D eigenvalue weighted by Gasteiger charge is -2.16. The van der Waals surface area contributed by atoms with Crippen LogP contribution in [0.15, 0.2) is 0 Å². The van der Waals surface area contributed by atoms with Gasteiger partial charge in [-0.1, -0.05) is 58.8 Å². The van der Waals surface area contributed by atoms with Crippen LogP contribution in [-0.2, 0) is 14.4 Å². The molecule has 0 fully saturated rings. The van der Waals surface area contributed by atoms with E-state index in [1.54, 1.807) is 7.05 Å². The molecule has 0 aromatic carbocycles. The maximum absolute atomic E-state index is 11.8. The molecule has 4 nitrogen and oxygen atoms in total. The molecular formula is C19H39NO3. The molecule has 0 spiro atoms. The monoisotopic (exact) mass is 329 g/mol. The normalized spacial score (nSPS) is 12.3. The third-order valence-electron chi connectivity index (χ3n) is 4.18. The molecule has 0 aromatic heterocycles. The average Bonchev–Trinajstić information content (AvgIpc) is 2.56. The van der Waals surface area contributed by atoms with Crippen LogP contribution < -0.4 is 5.48 Å². The van der Waals surface area contributed by atoms with Gasteiger partial charge < -0.3 is 9.57 Å². The fraction of sp³-hybridized carbons (Fsp3) is 0.947. The molecule has 138 valence electrons. The zero-order valence-corrected chi connectivity index (χ0v) is 15.7. The molecule has 1 atom stereocenters. The molecule has 0 aromatic rings. The Morgan fingerprint density at radius 2 is 1.61 bits per heavy atom. The van der Waals surface area contributed by atoms with E-state index in [1.807, 2.05) is 0 Å². The van der Waals surface area contributed by atoms with Crippen LogP contribution in [0.3, 0.4) is 0 Å². The molecule has 0 radical (unpaired) electrons. The Labute approximate surface area is 143 Å². The smallest absolute Gasteiger partial charge is 0.305 e. The SMILES string of the molecule is CCCCCCC(CCCC)COC(=O)CCCCCONC. The first-order chi connectivity index (χ1) is 11.2. The zero-order valence-electron chi connectivity index (χ0n) is 15.7. The molecule has 1 unspecified atom stereocenters. The van der Waals surface area contributed by atoms with E-state index in [-0.39, 0.29) is 5.97 Å². The third kappa shape index (κ3) is 16.0. The van der Waals surface area contributed by atoms with Crippen molar-refractivity contribution in [3.63, 3.8) is 0 Å². The first-order valence-corrected chi connectivity index (χ1v) is 9.68. The largest absolute Gasteiger partial charge is 0.465 e. The zero-order chi connectivity index (χ0) is 17.2. The Morgan fingerprint density at radius 1 is 0.913 bits per heavy atom. The van der Waals surface area contributed by atoms with E-state index < -0.39 is 0 Å². The topological polar surface area (TPSA) is 47.6 Å². The summed E-state index contributed by atoms with van der Waals surface area (Å²) in [5.41, 5.74) is 2.65. The van der Waals surface area contributed by atoms with Gasteiger partial charge in [0, 0.05) is 13.5 Å². The standard InChI is InChI=1S/C19H39NO3/c1-4-6-8-10-14-18(13-7-5-2)17-22-19(21)15-11-9-12-16-23-20-3/h18,20H,4-17H2,1-3H3. The second-order valence-electron chi connectivity index (χ2n) is 6.40. The molecule has 23 heavy (non-hydrogen) atoms. The van der Waals surface area contributed by atoms with Crippen LogP contribution in [0.2, 0.25) is 0 Å². The minimum Gasteiger partial charge on any atom is -0.465 e. The maximum atomic E-state index is 11.8. The maximum Gasteiger partial charge on any atom is 0.305 e. The van der Waals surface area contributed by atoms with Gasteiger partial charge in [-0.2, -0.15) is 0 Å². The number of nitrogens with one attached hydrogen (secondary N) is 1. The minimum atomic E-state index is -0.0328. The lowest BCUT2D eigenvalue weighted by Crippen LogP contribution is -2.14. The Bertz CT molecular complexity index is 259. The van der Waals surface area contributed by atoms with E-state index in [2.05, 4.69) is 19.3 Å². The summed E-state index contributed by atoms with van der Waals surface area (Å²) in [6, 6.07) is 0. The van der Waals surface area contributed by atoms with E-state index in [1.165, 1.54) is 51.4 Å². The predicted octanol–water partition coefficient (Wildman–Crippen LogP) is 5.02. The molecule has 0 bridgehead atoms. The fourth-order valence-corrected chi connectivity index (χ4v) is 2.67. The number of carbonyl (C=O) groups is 1. The van der Waals surface area contributed by atoms with Gasteiger partial charge in [-0.05, 0) is 31.6 Å². The number of unbranched alkanes of at least 4 members (excludes halogenated alkanes) is 6. The van der Waals surface area contributed by atoms with Crippen LogP contribution in [0.25, 0.3) is 0 Å². The Balaban J connectivity index is 3.73. The van der Waals surface area contributed by atoms with Crippen molar-refractivity contribution in [3.8, 4) is 0 Å². The minimum absolute atomic E-state index is 0.0328. The van der Waals surface area contributed by atoms with E-state index in [0.717, 1.165) is 19.3 Å². The Morgan fingerprint density at radius 3 is 2.30 bits per heavy atom. The number of rotatable bonds is 17. The number of carbonyl (C=O) groups excluding carboxylic acids is 1. The van der Waals surface area contributed by atoms with Crippen molar-refractivity contribution < 1.29 is 14.4 Å². The summed E-state index contributed by atoms with van der Waals surface area (Å²) in [7, 11) is 1.76. The highest BCUT2D eigenvalue weighted by Gasteiger charge is 2.11. The van der Waals surface area contributed by atoms with Gasteiger partial charge in [0.1, 0.15) is 0 Å². The molecular weight excluding hydrogens is 290 g/mol. The summed E-state index contributed by atoms with van der Waals surface area (Å²) in [6.45, 7) is 5.77. The van der Waals surface area contributed by atoms with Crippen molar-refractivity contribution >= 4 is 5.97 Å². The van der Waals surface area contributed by atoms with Crippen LogP contribution in [0.4, 0.5) is 0 Å². The number of ether oxygens (including phenoxy) is 1. The summed E-state index contributed by atoms with van der Waals surface area (Å²) in [4.78, 5) is 16.9. The highest BCUT2D eigenvalue weighted by Crippen LogP contribution is 2.18. The van der Waals surface area contributed by atoms with E-state index in [4.69, 9.17) is 9.57 Å². The second-order valence-corrected chi connectivity index (χ2v) is 6.40. The number of hydrogen-bond donors (Lipinski definition) is 1. The number of hydroxylamine groups is 1. The molecule has 0 rings (SSSR count). The molecule has 0 saturated heterocycles. The van der Waals surface area contributed by atoms with Gasteiger partial charge in [0.15, 0.2) is 0 Å². The van der Waals surface area contributed by atoms with Crippen LogP contribution in [0, 0.1) is 5.92 Å². The number of hydrogen-bond acceptors (Lipinski definition) is 4. The third-order valence-corrected chi connectivity index (χ3v) is 4.18. The van der Waals surface area contributed by atoms with Crippen LogP contribution in [-0.4, -0.2) is 26.2 Å². The molecule has 0 saturated carbocycles. The summed E-state index contributed by atoms with van der Waals surface area (Å²) >= 11 is 0. The second kappa shape index (κ2) is 17.7. The molecule has 0 aliphatic carbocycles. The van der Waals surface area contributed by atoms with Gasteiger partial charge in [-0.3, -0.25) is 4.79 Å². The van der Waals surface area contributed by atoms with Crippen LogP contribution in [0.1, 0.15) is 90.9 Å². The lowest BCUT2D eigenvalue weighted by atomic mass is 9.96. The predicted molar refractivity (Wildman–Crippen MR) is 96.2 cm³/mol. The summed E-state index contributed by atoms with van der Waals surface area (Å²) in [5.74, 6) is 0.523. The molecule has 0 aliphatic heterocycles. The number of esters is 1. The molecule has 0 heterocycles. The van der Waals surface area contributed by atoms with Crippen molar-refractivity contribution in [2.75, 3.05) is 20.3 Å². The van der Waals surface area contributed by atoms with Gasteiger partial charge in [0.25, 0.3) is 0 Å². The Hall–Kier alpha value is -0.610. The van der Waals surface area contributed by atoms with E-state index in [9.17, 15) is 4.79 Å². The Kier molecular flexibility index (Phi) is 17.3. The van der Waals surface area contributed by atoms with Gasteiger partial charge in [-0.15, -0.1) is 0 Å². The molecule has 1 N–H and O–H groups in total. The fourth-order valence-electron chi connectivity index (χ4n) is 2.67. The van der Waals surface area contributed by atoms with E-state index in [0.29, 0.717) is 25.6 Å².